The average molecular weight is 293 g/mol. The highest BCUT2D eigenvalue weighted by Gasteiger charge is 2.04. The lowest BCUT2D eigenvalue weighted by Gasteiger charge is -2.13. The van der Waals surface area contributed by atoms with Crippen LogP contribution in [0.2, 0.25) is 0 Å². The molecular weight excluding hydrogens is 274 g/mol. The summed E-state index contributed by atoms with van der Waals surface area (Å²) in [6.45, 7) is 3.73. The summed E-state index contributed by atoms with van der Waals surface area (Å²) in [6.07, 6.45) is 7.52. The van der Waals surface area contributed by atoms with Crippen molar-refractivity contribution in [3.05, 3.63) is 66.7 Å². The summed E-state index contributed by atoms with van der Waals surface area (Å²) in [5.74, 6) is 0.758. The maximum absolute atomic E-state index is 4.43. The van der Waals surface area contributed by atoms with Crippen LogP contribution in [0.4, 0.5) is 0 Å². The Kier molecular flexibility index (Phi) is 4.56. The van der Waals surface area contributed by atoms with E-state index in [1.54, 1.807) is 6.20 Å². The fourth-order valence-electron chi connectivity index (χ4n) is 2.23. The standard InChI is InChI=1S/C17H19N5/c1-14(13-22-9-5-8-21-22)18-10-15-11-19-17(20-12-15)16-6-3-2-4-7-16/h2-9,11-12,14,18H,10,13H2,1H3. The van der Waals surface area contributed by atoms with E-state index in [9.17, 15) is 0 Å². The molecule has 1 atom stereocenters. The van der Waals surface area contributed by atoms with Crippen molar-refractivity contribution in [2.45, 2.75) is 26.1 Å². The minimum absolute atomic E-state index is 0.327. The third-order valence-electron chi connectivity index (χ3n) is 3.41. The van der Waals surface area contributed by atoms with Crippen molar-refractivity contribution in [3.63, 3.8) is 0 Å². The van der Waals surface area contributed by atoms with Gasteiger partial charge in [-0.05, 0) is 13.0 Å². The van der Waals surface area contributed by atoms with Crippen LogP contribution < -0.4 is 5.32 Å². The van der Waals surface area contributed by atoms with Crippen LogP contribution in [0.1, 0.15) is 12.5 Å². The topological polar surface area (TPSA) is 55.6 Å². The first-order chi connectivity index (χ1) is 10.8. The molecule has 1 aromatic carbocycles. The van der Waals surface area contributed by atoms with Crippen LogP contribution in [0.5, 0.6) is 0 Å². The summed E-state index contributed by atoms with van der Waals surface area (Å²) >= 11 is 0. The molecule has 0 amide bonds. The van der Waals surface area contributed by atoms with Gasteiger partial charge >= 0.3 is 0 Å². The van der Waals surface area contributed by atoms with Gasteiger partial charge in [-0.3, -0.25) is 4.68 Å². The molecule has 0 bridgehead atoms. The number of hydrogen-bond acceptors (Lipinski definition) is 4. The second-order valence-corrected chi connectivity index (χ2v) is 5.29. The molecule has 0 saturated carbocycles. The van der Waals surface area contributed by atoms with Gasteiger partial charge in [-0.15, -0.1) is 0 Å². The summed E-state index contributed by atoms with van der Waals surface area (Å²) in [5.41, 5.74) is 2.11. The maximum atomic E-state index is 4.43. The molecule has 0 saturated heterocycles. The fourth-order valence-corrected chi connectivity index (χ4v) is 2.23. The minimum atomic E-state index is 0.327. The van der Waals surface area contributed by atoms with Crippen molar-refractivity contribution in [1.29, 1.82) is 0 Å². The first-order valence-corrected chi connectivity index (χ1v) is 7.38. The third kappa shape index (κ3) is 3.77. The fraction of sp³-hybridized carbons (Fsp3) is 0.235. The molecule has 2 aromatic heterocycles. The van der Waals surface area contributed by atoms with Gasteiger partial charge in [0.05, 0.1) is 6.54 Å². The Hall–Kier alpha value is -2.53. The van der Waals surface area contributed by atoms with E-state index in [0.29, 0.717) is 6.04 Å². The van der Waals surface area contributed by atoms with E-state index in [2.05, 4.69) is 27.3 Å². The monoisotopic (exact) mass is 293 g/mol. The predicted octanol–water partition coefficient (Wildman–Crippen LogP) is 2.52. The van der Waals surface area contributed by atoms with Gasteiger partial charge in [0.15, 0.2) is 5.82 Å². The van der Waals surface area contributed by atoms with Gasteiger partial charge in [0.1, 0.15) is 0 Å². The second-order valence-electron chi connectivity index (χ2n) is 5.29. The highest BCUT2D eigenvalue weighted by Crippen LogP contribution is 2.13. The number of rotatable bonds is 6. The van der Waals surface area contributed by atoms with Crippen molar-refractivity contribution in [2.24, 2.45) is 0 Å². The Balaban J connectivity index is 1.55. The summed E-state index contributed by atoms with van der Waals surface area (Å²) in [7, 11) is 0. The molecule has 3 aromatic rings. The molecule has 1 unspecified atom stereocenters. The normalized spacial score (nSPS) is 12.2. The molecule has 0 radical (unpaired) electrons. The van der Waals surface area contributed by atoms with E-state index in [1.807, 2.05) is 59.7 Å². The van der Waals surface area contributed by atoms with E-state index in [0.717, 1.165) is 30.0 Å². The molecular formula is C17H19N5. The Bertz CT molecular complexity index is 677. The van der Waals surface area contributed by atoms with Crippen LogP contribution in [0, 0.1) is 0 Å². The second kappa shape index (κ2) is 6.95. The Morgan fingerprint density at radius 3 is 2.55 bits per heavy atom. The Morgan fingerprint density at radius 2 is 1.86 bits per heavy atom. The molecule has 5 heteroatoms. The van der Waals surface area contributed by atoms with Crippen molar-refractivity contribution >= 4 is 0 Å². The van der Waals surface area contributed by atoms with Crippen molar-refractivity contribution < 1.29 is 0 Å². The number of hydrogen-bond donors (Lipinski definition) is 1. The van der Waals surface area contributed by atoms with Gasteiger partial charge in [-0.25, -0.2) is 9.97 Å². The van der Waals surface area contributed by atoms with Gasteiger partial charge in [0.25, 0.3) is 0 Å². The number of nitrogens with one attached hydrogen (secondary N) is 1. The molecule has 112 valence electrons. The smallest absolute Gasteiger partial charge is 0.159 e. The third-order valence-corrected chi connectivity index (χ3v) is 3.41. The SMILES string of the molecule is CC(Cn1cccn1)NCc1cnc(-c2ccccc2)nc1. The Morgan fingerprint density at radius 1 is 1.09 bits per heavy atom. The van der Waals surface area contributed by atoms with Gasteiger partial charge in [0, 0.05) is 48.5 Å². The summed E-state index contributed by atoms with van der Waals surface area (Å²) in [6, 6.07) is 12.3. The van der Waals surface area contributed by atoms with Gasteiger partial charge < -0.3 is 5.32 Å². The van der Waals surface area contributed by atoms with Gasteiger partial charge in [-0.1, -0.05) is 30.3 Å². The van der Waals surface area contributed by atoms with Gasteiger partial charge in [-0.2, -0.15) is 5.10 Å². The molecule has 0 fully saturated rings. The van der Waals surface area contributed by atoms with E-state index in [1.165, 1.54) is 0 Å². The number of aromatic nitrogens is 4. The molecule has 1 N–H and O–H groups in total. The van der Waals surface area contributed by atoms with Crippen molar-refractivity contribution in [2.75, 3.05) is 0 Å². The molecule has 0 spiro atoms. The molecule has 0 aliphatic rings. The zero-order valence-electron chi connectivity index (χ0n) is 12.6. The molecule has 2 heterocycles. The molecule has 0 aliphatic heterocycles. The quantitative estimate of drug-likeness (QED) is 0.759. The van der Waals surface area contributed by atoms with E-state index < -0.39 is 0 Å². The average Bonchev–Trinajstić information content (AvgIpc) is 3.07. The molecule has 5 nitrogen and oxygen atoms in total. The highest BCUT2D eigenvalue weighted by molar-refractivity contribution is 5.53. The first-order valence-electron chi connectivity index (χ1n) is 7.38. The van der Waals surface area contributed by atoms with Gasteiger partial charge in [0.2, 0.25) is 0 Å². The molecule has 3 rings (SSSR count). The maximum Gasteiger partial charge on any atom is 0.159 e. The molecule has 22 heavy (non-hydrogen) atoms. The van der Waals surface area contributed by atoms with E-state index in [4.69, 9.17) is 0 Å². The number of nitrogens with zero attached hydrogens (tertiary/aromatic N) is 4. The first kappa shape index (κ1) is 14.4. The Labute approximate surface area is 130 Å². The van der Waals surface area contributed by atoms with E-state index >= 15 is 0 Å². The highest BCUT2D eigenvalue weighted by atomic mass is 15.3. The molecule has 0 aliphatic carbocycles. The van der Waals surface area contributed by atoms with E-state index in [-0.39, 0.29) is 0 Å². The van der Waals surface area contributed by atoms with Crippen LogP contribution >= 0.6 is 0 Å². The van der Waals surface area contributed by atoms with Crippen LogP contribution in [-0.4, -0.2) is 25.8 Å². The van der Waals surface area contributed by atoms with Crippen molar-refractivity contribution in [3.8, 4) is 11.4 Å². The van der Waals surface area contributed by atoms with Crippen LogP contribution in [0.15, 0.2) is 61.2 Å². The largest absolute Gasteiger partial charge is 0.308 e. The summed E-state index contributed by atoms with van der Waals surface area (Å²) in [4.78, 5) is 8.87. The summed E-state index contributed by atoms with van der Waals surface area (Å²) < 4.78 is 1.92. The lowest BCUT2D eigenvalue weighted by molar-refractivity contribution is 0.450. The van der Waals surface area contributed by atoms with Crippen LogP contribution in [0.3, 0.4) is 0 Å². The van der Waals surface area contributed by atoms with Crippen LogP contribution in [0.25, 0.3) is 11.4 Å². The lowest BCUT2D eigenvalue weighted by atomic mass is 10.2. The predicted molar refractivity (Wildman–Crippen MR) is 86.0 cm³/mol. The zero-order chi connectivity index (χ0) is 15.2. The zero-order valence-corrected chi connectivity index (χ0v) is 12.6. The lowest BCUT2D eigenvalue weighted by Crippen LogP contribution is -2.30. The van der Waals surface area contributed by atoms with Crippen LogP contribution in [-0.2, 0) is 13.1 Å². The number of benzene rings is 1. The summed E-state index contributed by atoms with van der Waals surface area (Å²) in [5, 5.41) is 7.66. The minimum Gasteiger partial charge on any atom is -0.308 e. The van der Waals surface area contributed by atoms with Crippen molar-refractivity contribution in [1.82, 2.24) is 25.1 Å².